The summed E-state index contributed by atoms with van der Waals surface area (Å²) < 4.78 is 0. The van der Waals surface area contributed by atoms with E-state index in [1.807, 2.05) is 48.5 Å². The van der Waals surface area contributed by atoms with Gasteiger partial charge in [-0.25, -0.2) is 5.01 Å². The molecular weight excluding hydrogens is 577 g/mol. The summed E-state index contributed by atoms with van der Waals surface area (Å²) in [5, 5.41) is 14.1. The number of nitrogens with zero attached hydrogens (tertiary/aromatic N) is 3. The predicted molar refractivity (Wildman–Crippen MR) is 155 cm³/mol. The number of nitro groups is 1. The van der Waals surface area contributed by atoms with Crippen LogP contribution >= 0.6 is 23.2 Å². The number of carbonyl (C=O) groups is 3. The van der Waals surface area contributed by atoms with Crippen LogP contribution in [0.4, 0.5) is 5.69 Å². The van der Waals surface area contributed by atoms with E-state index in [0.717, 1.165) is 38.3 Å². The van der Waals surface area contributed by atoms with Crippen molar-refractivity contribution in [2.75, 3.05) is 0 Å². The van der Waals surface area contributed by atoms with Crippen LogP contribution in [0.2, 0.25) is 10.0 Å². The number of hydrogen-bond acceptors (Lipinski definition) is 5. The molecule has 8 rings (SSSR count). The summed E-state index contributed by atoms with van der Waals surface area (Å²) in [6, 6.07) is 25.6. The molecule has 1 aliphatic heterocycles. The van der Waals surface area contributed by atoms with Gasteiger partial charge in [0.05, 0.1) is 23.3 Å². The third-order valence-electron chi connectivity index (χ3n) is 8.54. The molecule has 0 spiro atoms. The van der Waals surface area contributed by atoms with Crippen LogP contribution in [0.25, 0.3) is 0 Å². The molecule has 4 aliphatic rings. The van der Waals surface area contributed by atoms with Gasteiger partial charge in [0.25, 0.3) is 23.4 Å². The Hall–Kier alpha value is -4.53. The van der Waals surface area contributed by atoms with Gasteiger partial charge in [-0.05, 0) is 46.0 Å². The standard InChI is InChI=1S/C32H21Cl2N3O5/c33-19-13-12-18(25(34)15-19)16-35(30(38)17-6-5-7-20(14-17)37(41)42)36-31(39)28-26-21-8-1-2-9-22(21)27(29(28)32(36)40)24-11-4-3-10-23(24)26/h1-15,26-29H,16H2/t26?,27?,28-,29+. The highest BCUT2D eigenvalue weighted by Crippen LogP contribution is 2.61. The fraction of sp³-hybridized carbons (Fsp3) is 0.156. The number of carbonyl (C=O) groups excluding carboxylic acids is 3. The highest BCUT2D eigenvalue weighted by molar-refractivity contribution is 6.35. The molecule has 2 bridgehead atoms. The topological polar surface area (TPSA) is 101 Å². The van der Waals surface area contributed by atoms with Crippen LogP contribution in [0.5, 0.6) is 0 Å². The maximum Gasteiger partial charge on any atom is 0.273 e. The van der Waals surface area contributed by atoms with Crippen molar-refractivity contribution in [2.45, 2.75) is 18.4 Å². The lowest BCUT2D eigenvalue weighted by molar-refractivity contribution is -0.384. The van der Waals surface area contributed by atoms with E-state index in [4.69, 9.17) is 23.2 Å². The summed E-state index contributed by atoms with van der Waals surface area (Å²) in [7, 11) is 0. The highest BCUT2D eigenvalue weighted by Gasteiger charge is 2.63. The fourth-order valence-corrected chi connectivity index (χ4v) is 7.31. The van der Waals surface area contributed by atoms with E-state index in [-0.39, 0.29) is 34.7 Å². The Balaban J connectivity index is 1.36. The van der Waals surface area contributed by atoms with Crippen molar-refractivity contribution in [1.82, 2.24) is 10.0 Å². The Morgan fingerprint density at radius 1 is 0.786 bits per heavy atom. The molecule has 10 heteroatoms. The number of rotatable bonds is 5. The molecule has 0 unspecified atom stereocenters. The van der Waals surface area contributed by atoms with Gasteiger partial charge in [-0.15, -0.1) is 0 Å². The van der Waals surface area contributed by atoms with Crippen LogP contribution in [-0.2, 0) is 16.1 Å². The van der Waals surface area contributed by atoms with Gasteiger partial charge in [-0.2, -0.15) is 5.01 Å². The Labute approximate surface area is 250 Å². The summed E-state index contributed by atoms with van der Waals surface area (Å²) in [4.78, 5) is 53.7. The first kappa shape index (κ1) is 26.4. The summed E-state index contributed by atoms with van der Waals surface area (Å²) >= 11 is 12.6. The largest absolute Gasteiger partial charge is 0.273 e. The number of amides is 3. The molecular formula is C32H21Cl2N3O5. The number of non-ortho nitro benzene ring substituents is 1. The molecule has 0 saturated carbocycles. The molecule has 3 aliphatic carbocycles. The Bertz CT molecular complexity index is 1730. The smallest absolute Gasteiger partial charge is 0.272 e. The maximum absolute atomic E-state index is 14.4. The minimum atomic E-state index is -0.743. The molecule has 0 radical (unpaired) electrons. The first-order valence-electron chi connectivity index (χ1n) is 13.3. The first-order chi connectivity index (χ1) is 20.3. The monoisotopic (exact) mass is 597 g/mol. The SMILES string of the molecule is O=C(c1cccc([N+](=O)[O-])c1)N(Cc1ccc(Cl)cc1Cl)N1C(=O)[C@@H]2C3c4ccccc4C(c4ccccc43)[C@@H]2C1=O. The van der Waals surface area contributed by atoms with E-state index >= 15 is 0 Å². The van der Waals surface area contributed by atoms with E-state index in [9.17, 15) is 24.5 Å². The molecule has 0 N–H and O–H groups in total. The zero-order chi connectivity index (χ0) is 29.3. The Kier molecular flexibility index (Phi) is 6.15. The molecule has 4 aromatic rings. The van der Waals surface area contributed by atoms with Crippen molar-refractivity contribution >= 4 is 46.6 Å². The van der Waals surface area contributed by atoms with Gasteiger partial charge in [0.15, 0.2) is 0 Å². The minimum Gasteiger partial charge on any atom is -0.272 e. The van der Waals surface area contributed by atoms with Gasteiger partial charge in [-0.3, -0.25) is 24.5 Å². The lowest BCUT2D eigenvalue weighted by Crippen LogP contribution is -2.50. The molecule has 4 aromatic carbocycles. The fourth-order valence-electron chi connectivity index (χ4n) is 6.85. The molecule has 3 amide bonds. The van der Waals surface area contributed by atoms with E-state index in [0.29, 0.717) is 10.6 Å². The summed E-state index contributed by atoms with van der Waals surface area (Å²) in [5.74, 6) is -3.87. The second-order valence-electron chi connectivity index (χ2n) is 10.7. The lowest BCUT2D eigenvalue weighted by Gasteiger charge is -2.45. The van der Waals surface area contributed by atoms with E-state index in [2.05, 4.69) is 0 Å². The summed E-state index contributed by atoms with van der Waals surface area (Å²) in [6.45, 7) is -0.232. The van der Waals surface area contributed by atoms with Gasteiger partial charge < -0.3 is 0 Å². The molecule has 1 heterocycles. The number of hydrazine groups is 1. The van der Waals surface area contributed by atoms with Gasteiger partial charge >= 0.3 is 0 Å². The van der Waals surface area contributed by atoms with Crippen molar-refractivity contribution < 1.29 is 19.3 Å². The van der Waals surface area contributed by atoms with E-state index in [1.165, 1.54) is 24.3 Å². The molecule has 1 saturated heterocycles. The van der Waals surface area contributed by atoms with Gasteiger partial charge in [0.2, 0.25) is 0 Å². The average Bonchev–Trinajstić information content (AvgIpc) is 3.26. The average molecular weight is 598 g/mol. The third kappa shape index (κ3) is 3.86. The summed E-state index contributed by atoms with van der Waals surface area (Å²) in [6.07, 6.45) is 0. The van der Waals surface area contributed by atoms with Crippen LogP contribution in [-0.4, -0.2) is 32.7 Å². The number of nitro benzene ring substituents is 1. The highest BCUT2D eigenvalue weighted by atomic mass is 35.5. The molecule has 0 aromatic heterocycles. The number of halogens is 2. The normalized spacial score (nSPS) is 21.5. The zero-order valence-electron chi connectivity index (χ0n) is 21.8. The van der Waals surface area contributed by atoms with Crippen LogP contribution in [0, 0.1) is 22.0 Å². The predicted octanol–water partition coefficient (Wildman–Crippen LogP) is 6.35. The molecule has 1 fully saturated rings. The van der Waals surface area contributed by atoms with Crippen LogP contribution in [0.15, 0.2) is 91.0 Å². The van der Waals surface area contributed by atoms with E-state index < -0.39 is 34.5 Å². The molecule has 208 valence electrons. The number of benzene rings is 4. The van der Waals surface area contributed by atoms with Gasteiger partial charge in [0.1, 0.15) is 0 Å². The molecule has 2 atom stereocenters. The minimum absolute atomic E-state index is 0.0423. The van der Waals surface area contributed by atoms with E-state index in [1.54, 1.807) is 12.1 Å². The first-order valence-corrected chi connectivity index (χ1v) is 14.1. The number of imide groups is 1. The van der Waals surface area contributed by atoms with Crippen molar-refractivity contribution in [1.29, 1.82) is 0 Å². The van der Waals surface area contributed by atoms with Gasteiger partial charge in [0, 0.05) is 39.6 Å². The number of hydrogen-bond donors (Lipinski definition) is 0. The Morgan fingerprint density at radius 2 is 1.33 bits per heavy atom. The quantitative estimate of drug-likeness (QED) is 0.151. The van der Waals surface area contributed by atoms with Gasteiger partial charge in [-0.1, -0.05) is 83.9 Å². The van der Waals surface area contributed by atoms with Crippen LogP contribution in [0.1, 0.15) is 50.0 Å². The van der Waals surface area contributed by atoms with Crippen molar-refractivity contribution in [3.63, 3.8) is 0 Å². The third-order valence-corrected chi connectivity index (χ3v) is 9.13. The van der Waals surface area contributed by atoms with Crippen molar-refractivity contribution in [3.8, 4) is 0 Å². The van der Waals surface area contributed by atoms with Crippen LogP contribution in [0.3, 0.4) is 0 Å². The van der Waals surface area contributed by atoms with Crippen molar-refractivity contribution in [2.24, 2.45) is 11.8 Å². The van der Waals surface area contributed by atoms with Crippen LogP contribution < -0.4 is 0 Å². The Morgan fingerprint density at radius 3 is 1.83 bits per heavy atom. The second-order valence-corrected chi connectivity index (χ2v) is 11.5. The molecule has 42 heavy (non-hydrogen) atoms. The lowest BCUT2D eigenvalue weighted by atomic mass is 9.55. The second kappa shape index (κ2) is 9.79. The maximum atomic E-state index is 14.4. The summed E-state index contributed by atoms with van der Waals surface area (Å²) in [5.41, 5.74) is 4.13. The molecule has 8 nitrogen and oxygen atoms in total. The zero-order valence-corrected chi connectivity index (χ0v) is 23.3. The van der Waals surface area contributed by atoms with Crippen molar-refractivity contribution in [3.05, 3.63) is 145 Å².